The maximum absolute atomic E-state index is 13.2. The number of halogens is 5. The highest BCUT2D eigenvalue weighted by Gasteiger charge is 2.35. The Balaban J connectivity index is 2.52. The highest BCUT2D eigenvalue weighted by atomic mass is 79.9. The summed E-state index contributed by atoms with van der Waals surface area (Å²) in [7, 11) is 0. The Morgan fingerprint density at radius 1 is 1.00 bits per heavy atom. The van der Waals surface area contributed by atoms with Gasteiger partial charge in [-0.25, -0.2) is 0 Å². The first-order valence-electron chi connectivity index (χ1n) is 6.28. The second kappa shape index (κ2) is 6.01. The minimum Gasteiger partial charge on any atom is -0.166 e. The fourth-order valence-electron chi connectivity index (χ4n) is 2.10. The normalized spacial score (nSPS) is 13.3. The molecule has 0 aliphatic rings. The van der Waals surface area contributed by atoms with Crippen LogP contribution in [0.4, 0.5) is 13.2 Å². The first-order chi connectivity index (χ1) is 9.70. The molecular weight excluding hydrogens is 365 g/mol. The number of benzene rings is 2. The number of aryl methyl sites for hydroxylation is 2. The topological polar surface area (TPSA) is 0 Å². The van der Waals surface area contributed by atoms with Crippen LogP contribution in [0.15, 0.2) is 40.9 Å². The molecule has 0 saturated heterocycles. The molecule has 0 N–H and O–H groups in total. The van der Waals surface area contributed by atoms with Gasteiger partial charge >= 0.3 is 6.18 Å². The molecule has 112 valence electrons. The Bertz CT molecular complexity index is 665. The minimum absolute atomic E-state index is 0.0654. The van der Waals surface area contributed by atoms with E-state index in [0.29, 0.717) is 10.0 Å². The molecule has 0 heterocycles. The van der Waals surface area contributed by atoms with Crippen molar-refractivity contribution in [3.63, 3.8) is 0 Å². The molecular formula is C16H13BrClF3. The van der Waals surface area contributed by atoms with Crippen molar-refractivity contribution < 1.29 is 13.2 Å². The summed E-state index contributed by atoms with van der Waals surface area (Å²) in [5.41, 5.74) is 2.09. The van der Waals surface area contributed by atoms with Crippen LogP contribution in [0.1, 0.15) is 33.2 Å². The van der Waals surface area contributed by atoms with E-state index in [0.717, 1.165) is 17.2 Å². The predicted octanol–water partition coefficient (Wildman–Crippen LogP) is 6.41. The monoisotopic (exact) mass is 376 g/mol. The van der Waals surface area contributed by atoms with Crippen LogP contribution >= 0.6 is 27.5 Å². The van der Waals surface area contributed by atoms with Crippen molar-refractivity contribution in [1.82, 2.24) is 0 Å². The molecule has 5 heteroatoms. The zero-order chi connectivity index (χ0) is 15.8. The third-order valence-electron chi connectivity index (χ3n) is 3.42. The zero-order valence-corrected chi connectivity index (χ0v) is 13.8. The molecule has 0 amide bonds. The molecule has 0 aliphatic heterocycles. The molecule has 1 atom stereocenters. The number of alkyl halides is 4. The van der Waals surface area contributed by atoms with E-state index >= 15 is 0 Å². The van der Waals surface area contributed by atoms with Crippen LogP contribution in [0, 0.1) is 13.8 Å². The standard InChI is InChI=1S/C16H13BrClF3/c1-9-3-4-11(7-10(9)2)15(18)13-6-5-12(17)8-14(13)16(19,20)21/h3-8,15H,1-2H3. The van der Waals surface area contributed by atoms with Crippen molar-refractivity contribution in [3.8, 4) is 0 Å². The average molecular weight is 378 g/mol. The average Bonchev–Trinajstić information content (AvgIpc) is 2.40. The van der Waals surface area contributed by atoms with Crippen LogP contribution in [0.3, 0.4) is 0 Å². The van der Waals surface area contributed by atoms with E-state index in [2.05, 4.69) is 15.9 Å². The number of hydrogen-bond acceptors (Lipinski definition) is 0. The van der Waals surface area contributed by atoms with E-state index in [1.54, 1.807) is 12.1 Å². The van der Waals surface area contributed by atoms with Gasteiger partial charge in [-0.15, -0.1) is 11.6 Å². The number of rotatable bonds is 2. The molecule has 0 spiro atoms. The van der Waals surface area contributed by atoms with E-state index in [4.69, 9.17) is 11.6 Å². The summed E-state index contributed by atoms with van der Waals surface area (Å²) in [5, 5.41) is -0.839. The lowest BCUT2D eigenvalue weighted by molar-refractivity contribution is -0.138. The summed E-state index contributed by atoms with van der Waals surface area (Å²) < 4.78 is 39.9. The van der Waals surface area contributed by atoms with Crippen molar-refractivity contribution in [3.05, 3.63) is 68.7 Å². The number of hydrogen-bond donors (Lipinski definition) is 0. The van der Waals surface area contributed by atoms with Gasteiger partial charge in [0, 0.05) is 4.47 Å². The lowest BCUT2D eigenvalue weighted by atomic mass is 9.96. The molecule has 0 saturated carbocycles. The van der Waals surface area contributed by atoms with E-state index in [1.165, 1.54) is 6.07 Å². The first kappa shape index (κ1) is 16.4. The third-order valence-corrected chi connectivity index (χ3v) is 4.40. The molecule has 2 aromatic carbocycles. The summed E-state index contributed by atoms with van der Waals surface area (Å²) >= 11 is 9.38. The Morgan fingerprint density at radius 3 is 2.24 bits per heavy atom. The van der Waals surface area contributed by atoms with Crippen LogP contribution in [-0.4, -0.2) is 0 Å². The third kappa shape index (κ3) is 3.61. The maximum Gasteiger partial charge on any atom is 0.416 e. The summed E-state index contributed by atoms with van der Waals surface area (Å²) in [5.74, 6) is 0. The van der Waals surface area contributed by atoms with Crippen molar-refractivity contribution >= 4 is 27.5 Å². The highest BCUT2D eigenvalue weighted by Crippen LogP contribution is 2.40. The van der Waals surface area contributed by atoms with Gasteiger partial charge in [0.25, 0.3) is 0 Å². The molecule has 1 unspecified atom stereocenters. The zero-order valence-electron chi connectivity index (χ0n) is 11.4. The van der Waals surface area contributed by atoms with E-state index in [1.807, 2.05) is 26.0 Å². The van der Waals surface area contributed by atoms with Gasteiger partial charge in [-0.3, -0.25) is 0 Å². The van der Waals surface area contributed by atoms with Crippen molar-refractivity contribution in [2.75, 3.05) is 0 Å². The Kier molecular flexibility index (Phi) is 4.69. The van der Waals surface area contributed by atoms with E-state index < -0.39 is 17.1 Å². The Labute approximate surface area is 135 Å². The molecule has 0 fully saturated rings. The molecule has 0 nitrogen and oxygen atoms in total. The van der Waals surface area contributed by atoms with Crippen LogP contribution < -0.4 is 0 Å². The quantitative estimate of drug-likeness (QED) is 0.530. The molecule has 2 rings (SSSR count). The van der Waals surface area contributed by atoms with Gasteiger partial charge in [0.1, 0.15) is 0 Å². The smallest absolute Gasteiger partial charge is 0.166 e. The van der Waals surface area contributed by atoms with Crippen LogP contribution in [0.2, 0.25) is 0 Å². The molecule has 0 radical (unpaired) electrons. The van der Waals surface area contributed by atoms with Crippen molar-refractivity contribution in [1.29, 1.82) is 0 Å². The summed E-state index contributed by atoms with van der Waals surface area (Å²) in [6, 6.07) is 9.51. The molecule has 0 aromatic heterocycles. The van der Waals surface area contributed by atoms with E-state index in [-0.39, 0.29) is 5.56 Å². The van der Waals surface area contributed by atoms with Gasteiger partial charge in [-0.05, 0) is 48.2 Å². The Morgan fingerprint density at radius 2 is 1.67 bits per heavy atom. The van der Waals surface area contributed by atoms with Gasteiger partial charge in [-0.1, -0.05) is 40.2 Å². The van der Waals surface area contributed by atoms with Gasteiger partial charge < -0.3 is 0 Å². The fraction of sp³-hybridized carbons (Fsp3) is 0.250. The minimum atomic E-state index is -4.44. The molecule has 0 aliphatic carbocycles. The largest absolute Gasteiger partial charge is 0.416 e. The van der Waals surface area contributed by atoms with Gasteiger partial charge in [-0.2, -0.15) is 13.2 Å². The van der Waals surface area contributed by atoms with Crippen LogP contribution in [0.25, 0.3) is 0 Å². The molecule has 0 bridgehead atoms. The lowest BCUT2D eigenvalue weighted by Crippen LogP contribution is -2.11. The predicted molar refractivity (Wildman–Crippen MR) is 82.8 cm³/mol. The maximum atomic E-state index is 13.2. The second-order valence-corrected chi connectivity index (χ2v) is 6.29. The van der Waals surface area contributed by atoms with Crippen molar-refractivity contribution in [2.24, 2.45) is 0 Å². The molecule has 21 heavy (non-hydrogen) atoms. The molecule has 2 aromatic rings. The summed E-state index contributed by atoms with van der Waals surface area (Å²) in [6.45, 7) is 3.86. The van der Waals surface area contributed by atoms with Gasteiger partial charge in [0.05, 0.1) is 10.9 Å². The Hall–Kier alpha value is -1.00. The van der Waals surface area contributed by atoms with Gasteiger partial charge in [0.2, 0.25) is 0 Å². The summed E-state index contributed by atoms with van der Waals surface area (Å²) in [4.78, 5) is 0. The summed E-state index contributed by atoms with van der Waals surface area (Å²) in [6.07, 6.45) is -4.44. The first-order valence-corrected chi connectivity index (χ1v) is 7.51. The van der Waals surface area contributed by atoms with E-state index in [9.17, 15) is 13.2 Å². The van der Waals surface area contributed by atoms with Crippen molar-refractivity contribution in [2.45, 2.75) is 25.4 Å². The fourth-order valence-corrected chi connectivity index (χ4v) is 2.78. The second-order valence-electron chi connectivity index (χ2n) is 4.94. The SMILES string of the molecule is Cc1ccc(C(Cl)c2ccc(Br)cc2C(F)(F)F)cc1C. The van der Waals surface area contributed by atoms with Gasteiger partial charge in [0.15, 0.2) is 0 Å². The van der Waals surface area contributed by atoms with Crippen LogP contribution in [0.5, 0.6) is 0 Å². The highest BCUT2D eigenvalue weighted by molar-refractivity contribution is 9.10. The lowest BCUT2D eigenvalue weighted by Gasteiger charge is -2.18. The van der Waals surface area contributed by atoms with Crippen LogP contribution in [-0.2, 0) is 6.18 Å².